The summed E-state index contributed by atoms with van der Waals surface area (Å²) in [6, 6.07) is 7.92. The minimum Gasteiger partial charge on any atom is -0.376 e. The van der Waals surface area contributed by atoms with Gasteiger partial charge in [0.2, 0.25) is 5.91 Å². The van der Waals surface area contributed by atoms with Crippen molar-refractivity contribution in [1.29, 1.82) is 0 Å². The molecule has 3 heterocycles. The maximum atomic E-state index is 13.8. The van der Waals surface area contributed by atoms with Gasteiger partial charge >= 0.3 is 0 Å². The number of para-hydroxylation sites is 2. The summed E-state index contributed by atoms with van der Waals surface area (Å²) < 4.78 is 7.76. The van der Waals surface area contributed by atoms with Crippen molar-refractivity contribution in [2.45, 2.75) is 76.6 Å². The summed E-state index contributed by atoms with van der Waals surface area (Å²) in [6.45, 7) is 5.65. The maximum absolute atomic E-state index is 13.8. The highest BCUT2D eigenvalue weighted by Gasteiger charge is 2.49. The number of amides is 2. The second-order valence-electron chi connectivity index (χ2n) is 9.68. The van der Waals surface area contributed by atoms with Gasteiger partial charge in [-0.05, 0) is 50.7 Å². The zero-order chi connectivity index (χ0) is 21.6. The molecule has 2 aliphatic heterocycles. The number of imidazole rings is 1. The van der Waals surface area contributed by atoms with Gasteiger partial charge in [-0.3, -0.25) is 9.59 Å². The lowest BCUT2D eigenvalue weighted by molar-refractivity contribution is -0.135. The molecule has 1 saturated carbocycles. The van der Waals surface area contributed by atoms with Gasteiger partial charge < -0.3 is 19.5 Å². The van der Waals surface area contributed by atoms with Gasteiger partial charge in [-0.25, -0.2) is 4.98 Å². The lowest BCUT2D eigenvalue weighted by atomic mass is 9.85. The predicted molar refractivity (Wildman–Crippen MR) is 118 cm³/mol. The van der Waals surface area contributed by atoms with E-state index in [1.54, 1.807) is 4.90 Å². The number of hydrogen-bond acceptors (Lipinski definition) is 4. The summed E-state index contributed by atoms with van der Waals surface area (Å²) in [5.74, 6) is 0.612. The van der Waals surface area contributed by atoms with Gasteiger partial charge in [-0.15, -0.1) is 0 Å². The summed E-state index contributed by atoms with van der Waals surface area (Å²) in [5, 5.41) is 3.32. The fourth-order valence-electron chi connectivity index (χ4n) is 5.46. The summed E-state index contributed by atoms with van der Waals surface area (Å²) in [4.78, 5) is 33.7. The number of ether oxygens (including phenoxy) is 1. The number of benzene rings is 1. The van der Waals surface area contributed by atoms with E-state index in [4.69, 9.17) is 4.74 Å². The number of carbonyl (C=O) groups excluding carboxylic acids is 2. The summed E-state index contributed by atoms with van der Waals surface area (Å²) in [6.07, 6.45) is 6.38. The molecule has 1 aliphatic carbocycles. The van der Waals surface area contributed by atoms with Crippen LogP contribution in [0.25, 0.3) is 11.0 Å². The highest BCUT2D eigenvalue weighted by molar-refractivity contribution is 6.01. The Balaban J connectivity index is 1.51. The van der Waals surface area contributed by atoms with E-state index in [2.05, 4.69) is 17.2 Å². The number of carbonyl (C=O) groups is 2. The number of hydrogen-bond donors (Lipinski definition) is 1. The minimum absolute atomic E-state index is 0.0272. The monoisotopic (exact) mass is 424 g/mol. The molecule has 3 aliphatic rings. The van der Waals surface area contributed by atoms with Gasteiger partial charge in [-0.1, -0.05) is 31.9 Å². The van der Waals surface area contributed by atoms with Crippen LogP contribution in [0.15, 0.2) is 24.3 Å². The van der Waals surface area contributed by atoms with Crippen LogP contribution in [0.1, 0.15) is 63.0 Å². The van der Waals surface area contributed by atoms with Crippen LogP contribution in [0.3, 0.4) is 0 Å². The van der Waals surface area contributed by atoms with Crippen molar-refractivity contribution < 1.29 is 14.3 Å². The molecule has 0 bridgehead atoms. The molecule has 166 valence electrons. The van der Waals surface area contributed by atoms with Crippen molar-refractivity contribution in [1.82, 2.24) is 19.8 Å². The molecule has 4 atom stereocenters. The van der Waals surface area contributed by atoms with Crippen LogP contribution in [-0.4, -0.2) is 57.1 Å². The molecule has 0 unspecified atom stereocenters. The summed E-state index contributed by atoms with van der Waals surface area (Å²) >= 11 is 0. The Bertz CT molecular complexity index is 996. The number of aromatic nitrogens is 2. The topological polar surface area (TPSA) is 76.5 Å². The average molecular weight is 425 g/mol. The van der Waals surface area contributed by atoms with Crippen LogP contribution in [0, 0.1) is 5.92 Å². The van der Waals surface area contributed by atoms with E-state index < -0.39 is 5.54 Å². The third-order valence-electron chi connectivity index (χ3n) is 7.48. The Labute approximate surface area is 183 Å². The highest BCUT2D eigenvalue weighted by Crippen LogP contribution is 2.33. The SMILES string of the molecule is C[C@@H]1CCCC[C@@H]1NC(=O)[C@]1(C)Cn2c(nc3ccccc32)C(=O)N1C[C@H]1CCCO1. The van der Waals surface area contributed by atoms with E-state index in [-0.39, 0.29) is 24.0 Å². The molecule has 1 aromatic carbocycles. The van der Waals surface area contributed by atoms with Crippen LogP contribution in [0.5, 0.6) is 0 Å². The van der Waals surface area contributed by atoms with Gasteiger partial charge in [0.25, 0.3) is 5.91 Å². The average Bonchev–Trinajstić information content (AvgIpc) is 3.41. The van der Waals surface area contributed by atoms with Gasteiger partial charge in [-0.2, -0.15) is 0 Å². The molecule has 5 rings (SSSR count). The predicted octanol–water partition coefficient (Wildman–Crippen LogP) is 3.12. The Morgan fingerprint density at radius 3 is 2.81 bits per heavy atom. The Kier molecular flexibility index (Phi) is 5.24. The molecule has 2 fully saturated rings. The smallest absolute Gasteiger partial charge is 0.290 e. The van der Waals surface area contributed by atoms with Crippen molar-refractivity contribution in [3.8, 4) is 0 Å². The van der Waals surface area contributed by atoms with Crippen molar-refractivity contribution in [2.75, 3.05) is 13.2 Å². The molecule has 0 spiro atoms. The van der Waals surface area contributed by atoms with Crippen molar-refractivity contribution in [3.05, 3.63) is 30.1 Å². The Hall–Kier alpha value is -2.41. The Morgan fingerprint density at radius 2 is 2.03 bits per heavy atom. The van der Waals surface area contributed by atoms with Crippen LogP contribution in [0.4, 0.5) is 0 Å². The largest absolute Gasteiger partial charge is 0.376 e. The lowest BCUT2D eigenvalue weighted by Gasteiger charge is -2.45. The van der Waals surface area contributed by atoms with Gasteiger partial charge in [0.15, 0.2) is 5.82 Å². The first-order valence-electron chi connectivity index (χ1n) is 11.7. The first-order valence-corrected chi connectivity index (χ1v) is 11.7. The third-order valence-corrected chi connectivity index (χ3v) is 7.48. The van der Waals surface area contributed by atoms with Crippen LogP contribution >= 0.6 is 0 Å². The molecular weight excluding hydrogens is 392 g/mol. The normalized spacial score (nSPS) is 31.1. The van der Waals surface area contributed by atoms with E-state index in [9.17, 15) is 9.59 Å². The Morgan fingerprint density at radius 1 is 1.23 bits per heavy atom. The maximum Gasteiger partial charge on any atom is 0.290 e. The number of fused-ring (bicyclic) bond motifs is 3. The molecule has 1 N–H and O–H groups in total. The molecule has 0 radical (unpaired) electrons. The first kappa shape index (κ1) is 20.5. The number of rotatable bonds is 4. The van der Waals surface area contributed by atoms with Gasteiger partial charge in [0, 0.05) is 19.2 Å². The first-order chi connectivity index (χ1) is 15.0. The minimum atomic E-state index is -0.989. The van der Waals surface area contributed by atoms with Crippen LogP contribution < -0.4 is 5.32 Å². The van der Waals surface area contributed by atoms with Gasteiger partial charge in [0.05, 0.1) is 23.7 Å². The van der Waals surface area contributed by atoms with Gasteiger partial charge in [0.1, 0.15) is 5.54 Å². The van der Waals surface area contributed by atoms with E-state index in [0.29, 0.717) is 31.4 Å². The second kappa shape index (κ2) is 7.93. The molecule has 2 amide bonds. The molecule has 7 heteroatoms. The standard InChI is InChI=1S/C24H32N4O3/c1-16-8-3-4-10-18(16)26-23(30)24(2)15-27-20-12-6-5-11-19(20)25-21(27)22(29)28(24)14-17-9-7-13-31-17/h5-6,11-12,16-18H,3-4,7-10,13-15H2,1-2H3,(H,26,30)/t16-,17-,18+,24+/m1/s1. The molecule has 2 aromatic rings. The highest BCUT2D eigenvalue weighted by atomic mass is 16.5. The fraction of sp³-hybridized carbons (Fsp3) is 0.625. The summed E-state index contributed by atoms with van der Waals surface area (Å²) in [5.41, 5.74) is 0.692. The fourth-order valence-corrected chi connectivity index (χ4v) is 5.46. The lowest BCUT2D eigenvalue weighted by Crippen LogP contribution is -2.66. The summed E-state index contributed by atoms with van der Waals surface area (Å²) in [7, 11) is 0. The van der Waals surface area contributed by atoms with Crippen LogP contribution in [0.2, 0.25) is 0 Å². The molecule has 7 nitrogen and oxygen atoms in total. The van der Waals surface area contributed by atoms with Crippen LogP contribution in [-0.2, 0) is 16.1 Å². The van der Waals surface area contributed by atoms with E-state index in [0.717, 1.165) is 43.1 Å². The van der Waals surface area contributed by atoms with Crippen molar-refractivity contribution in [2.24, 2.45) is 5.92 Å². The molecule has 1 aromatic heterocycles. The van der Waals surface area contributed by atoms with Crippen molar-refractivity contribution in [3.63, 3.8) is 0 Å². The molecule has 31 heavy (non-hydrogen) atoms. The molecular formula is C24H32N4O3. The number of nitrogens with one attached hydrogen (secondary N) is 1. The van der Waals surface area contributed by atoms with Crippen molar-refractivity contribution >= 4 is 22.8 Å². The zero-order valence-corrected chi connectivity index (χ0v) is 18.5. The zero-order valence-electron chi connectivity index (χ0n) is 18.5. The number of nitrogens with zero attached hydrogens (tertiary/aromatic N) is 3. The quantitative estimate of drug-likeness (QED) is 0.818. The second-order valence-corrected chi connectivity index (χ2v) is 9.68. The van der Waals surface area contributed by atoms with E-state index in [1.165, 1.54) is 6.42 Å². The third kappa shape index (κ3) is 3.53. The van der Waals surface area contributed by atoms with E-state index >= 15 is 0 Å². The molecule has 1 saturated heterocycles. The van der Waals surface area contributed by atoms with E-state index in [1.807, 2.05) is 35.8 Å².